The van der Waals surface area contributed by atoms with Crippen molar-refractivity contribution in [3.8, 4) is 64.3 Å². The molecule has 8 N–H and O–H groups in total. The van der Waals surface area contributed by atoms with Crippen molar-refractivity contribution in [1.82, 2.24) is 75.8 Å². The largest absolute Gasteiger partial charge is 0.453 e. The van der Waals surface area contributed by atoms with Crippen molar-refractivity contribution in [3.05, 3.63) is 181 Å². The zero-order valence-electron chi connectivity index (χ0n) is 63.5. The van der Waals surface area contributed by atoms with Crippen LogP contribution < -0.4 is 21.3 Å². The van der Waals surface area contributed by atoms with Crippen LogP contribution in [0.5, 0.6) is 0 Å². The summed E-state index contributed by atoms with van der Waals surface area (Å²) < 4.78 is 19.4. The average molecular weight is 1630 g/mol. The molecule has 4 saturated heterocycles. The number of amides is 6. The summed E-state index contributed by atoms with van der Waals surface area (Å²) in [7, 11) is 3.89. The van der Waals surface area contributed by atoms with Crippen LogP contribution in [0.3, 0.4) is 0 Å². The summed E-state index contributed by atoms with van der Waals surface area (Å²) in [5.74, 6) is 2.63. The van der Waals surface area contributed by atoms with Gasteiger partial charge in [0, 0.05) is 57.9 Å². The van der Waals surface area contributed by atoms with Crippen molar-refractivity contribution in [2.75, 3.05) is 47.5 Å². The average Bonchev–Trinajstić information content (AvgIpc) is 1.63. The number of aromatic amines is 4. The molecule has 0 bridgehead atoms. The van der Waals surface area contributed by atoms with E-state index < -0.39 is 36.4 Å². The van der Waals surface area contributed by atoms with Crippen molar-refractivity contribution in [3.63, 3.8) is 0 Å². The highest BCUT2D eigenvalue weighted by molar-refractivity contribution is 7.31. The monoisotopic (exact) mass is 1630 g/mol. The number of alkyl carbamates (subject to hydrolysis) is 3. The Kier molecular flexibility index (Phi) is 24.2. The van der Waals surface area contributed by atoms with Gasteiger partial charge in [0.05, 0.1) is 91.3 Å². The van der Waals surface area contributed by atoms with E-state index >= 15 is 0 Å². The van der Waals surface area contributed by atoms with Crippen molar-refractivity contribution >= 4 is 135 Å². The lowest BCUT2D eigenvalue weighted by molar-refractivity contribution is -0.136. The Balaban J connectivity index is 0.000000191. The van der Waals surface area contributed by atoms with E-state index in [9.17, 15) is 28.8 Å². The number of fused-ring (bicyclic) bond motifs is 4. The maximum absolute atomic E-state index is 13.9. The number of benzene rings is 5. The molecule has 4 fully saturated rings. The number of H-pyrrole nitrogens is 4. The molecular formula is C85H92ClN15O9S4. The molecule has 114 heavy (non-hydrogen) atoms. The fourth-order valence-corrected chi connectivity index (χ4v) is 20.6. The van der Waals surface area contributed by atoms with Gasteiger partial charge in [0.2, 0.25) is 11.8 Å². The topological polar surface area (TPSA) is 303 Å². The molecule has 0 saturated carbocycles. The molecule has 12 heterocycles. The third-order valence-electron chi connectivity index (χ3n) is 21.7. The fourth-order valence-electron chi connectivity index (χ4n) is 15.8. The Morgan fingerprint density at radius 3 is 1.25 bits per heavy atom. The maximum atomic E-state index is 13.9. The summed E-state index contributed by atoms with van der Waals surface area (Å²) in [6.07, 6.45) is 9.11. The zero-order valence-corrected chi connectivity index (χ0v) is 67.5. The number of halogens is 1. The summed E-state index contributed by atoms with van der Waals surface area (Å²) in [4.78, 5) is 121. The standard InChI is InChI=1S/C47H48N8O6S2.C37H39N7O3S2.CH4.ClH/c1-26(2)40(52-46(58)60-3)44(56)55-21-9-13-35(55)43-49-31-19-18-30(22-32(31)50-43)37-24-39-38(63-37)23-36(62-39)28-16-14-27(15-17-28)33-25-48-42(51-33)34-12-8-20-54(34)45(57)41(53-47(59)61-4)29-10-6-5-7-11-29;1-20(2)33(43-37(46)47-3)36(45)44-15-5-7-28(44)35-40-24-13-12-23(16-26(24)41-35)30-18-32-31(49-30)17-29(48-32)22-10-8-21(9-11-22)27-19-39-34(42-27)25-6-4-14-38-25;;/h5-7,10-11,14-19,22-26,34-35,40-41H,8-9,12-13,20-21H2,1-4H3,(H,48,51)(H,49,50)(H,52,58)(H,53,59);8-13,16-20,25,28,33,38H,4-7,14-15H2,1-3H3,(H,39,42)(H,40,41)(H,43,46);1H4;1H/t34-,35-,40-,41+;25-,28-,33-;;/m00../s1. The van der Waals surface area contributed by atoms with Gasteiger partial charge in [-0.2, -0.15) is 0 Å². The normalized spacial score (nSPS) is 17.6. The Morgan fingerprint density at radius 2 is 0.825 bits per heavy atom. The number of rotatable bonds is 19. The summed E-state index contributed by atoms with van der Waals surface area (Å²) >= 11 is 7.13. The predicted molar refractivity (Wildman–Crippen MR) is 454 cm³/mol. The first-order chi connectivity index (χ1) is 54.4. The molecule has 0 unspecified atom stereocenters. The minimum absolute atomic E-state index is 0. The molecule has 4 aliphatic heterocycles. The van der Waals surface area contributed by atoms with Crippen LogP contribution in [0.4, 0.5) is 14.4 Å². The van der Waals surface area contributed by atoms with E-state index in [0.29, 0.717) is 37.1 Å². The molecule has 0 spiro atoms. The number of carbonyl (C=O) groups is 6. The number of aromatic nitrogens is 8. The molecule has 29 heteroatoms. The van der Waals surface area contributed by atoms with Crippen molar-refractivity contribution in [2.45, 2.75) is 129 Å². The van der Waals surface area contributed by atoms with Gasteiger partial charge < -0.3 is 70.1 Å². The van der Waals surface area contributed by atoms with E-state index in [-0.39, 0.29) is 67.5 Å². The maximum Gasteiger partial charge on any atom is 0.407 e. The lowest BCUT2D eigenvalue weighted by atomic mass is 10.0. The van der Waals surface area contributed by atoms with Crippen LogP contribution in [0.25, 0.3) is 105 Å². The highest BCUT2D eigenvalue weighted by atomic mass is 35.5. The van der Waals surface area contributed by atoms with Crippen LogP contribution in [-0.2, 0) is 28.6 Å². The van der Waals surface area contributed by atoms with Crippen LogP contribution in [0, 0.1) is 11.8 Å². The molecule has 24 nitrogen and oxygen atoms in total. The molecule has 13 aromatic rings. The van der Waals surface area contributed by atoms with Gasteiger partial charge in [-0.05, 0) is 157 Å². The molecule has 8 aromatic heterocycles. The first-order valence-corrected chi connectivity index (χ1v) is 41.3. The van der Waals surface area contributed by atoms with E-state index in [4.69, 9.17) is 29.2 Å². The number of likely N-dealkylation sites (tertiary alicyclic amines) is 3. The van der Waals surface area contributed by atoms with E-state index in [1.54, 1.807) is 38.9 Å². The molecule has 592 valence electrons. The van der Waals surface area contributed by atoms with E-state index in [1.807, 2.05) is 97.6 Å². The van der Waals surface area contributed by atoms with Crippen molar-refractivity contribution in [1.29, 1.82) is 0 Å². The number of nitrogens with zero attached hydrogens (tertiary/aromatic N) is 7. The van der Waals surface area contributed by atoms with E-state index in [2.05, 4.69) is 149 Å². The summed E-state index contributed by atoms with van der Waals surface area (Å²) in [5.41, 5.74) is 12.9. The Hall–Kier alpha value is -10.8. The highest BCUT2D eigenvalue weighted by Gasteiger charge is 2.41. The number of nitrogens with one attached hydrogen (secondary N) is 8. The third kappa shape index (κ3) is 16.5. The molecule has 17 rings (SSSR count). The molecule has 7 atom stereocenters. The summed E-state index contributed by atoms with van der Waals surface area (Å²) in [6.45, 7) is 10.5. The highest BCUT2D eigenvalue weighted by Crippen LogP contribution is 2.46. The Labute approximate surface area is 682 Å². The van der Waals surface area contributed by atoms with Gasteiger partial charge in [-0.25, -0.2) is 34.3 Å². The summed E-state index contributed by atoms with van der Waals surface area (Å²) in [5, 5.41) is 11.7. The number of thiophene rings is 4. The van der Waals surface area contributed by atoms with Gasteiger partial charge in [0.1, 0.15) is 41.4 Å². The first kappa shape index (κ1) is 79.9. The number of methoxy groups -OCH3 is 3. The SMILES string of the molecule is C.COC(=O)N[C@H](C(=O)N1CCC[C@H]1c1nc2ccc(-c3cc4sc(-c5ccc(-c6cnc([C@@H]7CCCN7)[nH]6)cc5)cc4s3)cc2[nH]1)C(C)C.COC(=O)N[C@H](C(=O)N1CCC[C@H]1c1nc2ccc(-c3cc4sc(-c5ccc(-c6cnc([C@@H]7CCCN7C(=O)[C@H](NC(=O)OC)c7ccccc7)[nH]6)cc5)cc4s3)cc2[nH]1)C(C)C.Cl. The fraction of sp³-hybridized carbons (Fsp3) is 0.341. The first-order valence-electron chi connectivity index (χ1n) is 38.0. The van der Waals surface area contributed by atoms with E-state index in [1.165, 1.54) is 66.7 Å². The lowest BCUT2D eigenvalue weighted by Gasteiger charge is -2.29. The van der Waals surface area contributed by atoms with Gasteiger partial charge in [-0.15, -0.1) is 57.8 Å². The van der Waals surface area contributed by atoms with Gasteiger partial charge in [-0.3, -0.25) is 14.4 Å². The number of hydrogen-bond acceptors (Lipinski definition) is 18. The van der Waals surface area contributed by atoms with Crippen molar-refractivity contribution in [2.24, 2.45) is 11.8 Å². The van der Waals surface area contributed by atoms with Crippen LogP contribution in [-0.4, -0.2) is 150 Å². The predicted octanol–water partition coefficient (Wildman–Crippen LogP) is 18.5. The quantitative estimate of drug-likeness (QED) is 0.0349. The lowest BCUT2D eigenvalue weighted by Crippen LogP contribution is -2.51. The van der Waals surface area contributed by atoms with E-state index in [0.717, 1.165) is 135 Å². The van der Waals surface area contributed by atoms with Gasteiger partial charge in [-0.1, -0.05) is 126 Å². The number of hydrogen-bond donors (Lipinski definition) is 8. The van der Waals surface area contributed by atoms with Crippen LogP contribution in [0.2, 0.25) is 0 Å². The Morgan fingerprint density at radius 1 is 0.439 bits per heavy atom. The third-order valence-corrected chi connectivity index (χ3v) is 26.5. The Bertz CT molecular complexity index is 5560. The minimum Gasteiger partial charge on any atom is -0.453 e. The molecule has 6 amide bonds. The number of carbonyl (C=O) groups excluding carboxylic acids is 6. The zero-order chi connectivity index (χ0) is 77.4. The molecule has 0 aliphatic carbocycles. The number of ether oxygens (including phenoxy) is 3. The van der Waals surface area contributed by atoms with Crippen molar-refractivity contribution < 1.29 is 43.0 Å². The van der Waals surface area contributed by atoms with Gasteiger partial charge in [0.25, 0.3) is 5.91 Å². The molecule has 4 aliphatic rings. The van der Waals surface area contributed by atoms with Gasteiger partial charge in [0.15, 0.2) is 0 Å². The molecular weight excluding hydrogens is 1540 g/mol. The second kappa shape index (κ2) is 34.5. The minimum atomic E-state index is -0.876. The smallest absolute Gasteiger partial charge is 0.407 e. The second-order valence-corrected chi connectivity index (χ2v) is 33.9. The van der Waals surface area contributed by atoms with Gasteiger partial charge >= 0.3 is 18.3 Å². The number of imidazole rings is 4. The molecule has 0 radical (unpaired) electrons. The molecule has 5 aromatic carbocycles. The second-order valence-electron chi connectivity index (χ2n) is 29.5. The van der Waals surface area contributed by atoms with Crippen LogP contribution in [0.15, 0.2) is 152 Å². The summed E-state index contributed by atoms with van der Waals surface area (Å²) in [6, 6.07) is 45.5. The van der Waals surface area contributed by atoms with Crippen LogP contribution >= 0.6 is 57.8 Å². The van der Waals surface area contributed by atoms with Crippen LogP contribution in [0.1, 0.15) is 146 Å².